The van der Waals surface area contributed by atoms with Crippen molar-refractivity contribution < 1.29 is 9.47 Å². The van der Waals surface area contributed by atoms with Crippen LogP contribution in [0.2, 0.25) is 0 Å². The predicted octanol–water partition coefficient (Wildman–Crippen LogP) is 4.31. The van der Waals surface area contributed by atoms with Crippen molar-refractivity contribution in [3.05, 3.63) is 28.2 Å². The summed E-state index contributed by atoms with van der Waals surface area (Å²) in [5.41, 5.74) is 1.19. The Hall–Kier alpha value is -0.580. The number of benzene rings is 1. The van der Waals surface area contributed by atoms with Crippen molar-refractivity contribution >= 4 is 15.9 Å². The van der Waals surface area contributed by atoms with E-state index in [1.807, 2.05) is 19.9 Å². The van der Waals surface area contributed by atoms with Crippen LogP contribution in [0.1, 0.15) is 45.7 Å². The molecule has 1 aromatic carbocycles. The van der Waals surface area contributed by atoms with Crippen LogP contribution in [0.15, 0.2) is 22.7 Å². The van der Waals surface area contributed by atoms with E-state index in [-0.39, 0.29) is 12.1 Å². The van der Waals surface area contributed by atoms with Crippen molar-refractivity contribution in [2.75, 3.05) is 19.8 Å². The van der Waals surface area contributed by atoms with Crippen LogP contribution >= 0.6 is 15.9 Å². The molecule has 0 amide bonds. The summed E-state index contributed by atoms with van der Waals surface area (Å²) in [5, 5.41) is 3.50. The number of hydrogen-bond acceptors (Lipinski definition) is 3. The lowest BCUT2D eigenvalue weighted by atomic mass is 10.1. The highest BCUT2D eigenvalue weighted by Crippen LogP contribution is 2.29. The van der Waals surface area contributed by atoms with Crippen LogP contribution in [0, 0.1) is 0 Å². The maximum Gasteiger partial charge on any atom is 0.125 e. The molecule has 4 heteroatoms. The molecule has 2 unspecified atom stereocenters. The van der Waals surface area contributed by atoms with E-state index in [1.54, 1.807) is 0 Å². The molecule has 0 radical (unpaired) electrons. The molecule has 0 aliphatic carbocycles. The molecule has 0 aliphatic heterocycles. The van der Waals surface area contributed by atoms with Crippen LogP contribution in [0.25, 0.3) is 0 Å². The number of rotatable bonds is 9. The lowest BCUT2D eigenvalue weighted by Gasteiger charge is -2.21. The fraction of sp³-hybridized carbons (Fsp3) is 0.625. The minimum absolute atomic E-state index is 0.0429. The van der Waals surface area contributed by atoms with Gasteiger partial charge in [-0.1, -0.05) is 28.9 Å². The molecule has 114 valence electrons. The van der Waals surface area contributed by atoms with Crippen LogP contribution in [-0.4, -0.2) is 25.9 Å². The van der Waals surface area contributed by atoms with Gasteiger partial charge >= 0.3 is 0 Å². The average Bonchev–Trinajstić information content (AvgIpc) is 2.42. The summed E-state index contributed by atoms with van der Waals surface area (Å²) < 4.78 is 12.5. The van der Waals surface area contributed by atoms with Crippen molar-refractivity contribution in [2.24, 2.45) is 0 Å². The van der Waals surface area contributed by atoms with E-state index in [1.165, 1.54) is 5.56 Å². The van der Waals surface area contributed by atoms with Gasteiger partial charge in [0.2, 0.25) is 0 Å². The first-order chi connectivity index (χ1) is 9.58. The third-order valence-corrected chi connectivity index (χ3v) is 3.52. The highest BCUT2D eigenvalue weighted by molar-refractivity contribution is 9.10. The Morgan fingerprint density at radius 3 is 2.65 bits per heavy atom. The van der Waals surface area contributed by atoms with E-state index in [0.717, 1.165) is 23.2 Å². The lowest BCUT2D eigenvalue weighted by molar-refractivity contribution is 0.0649. The summed E-state index contributed by atoms with van der Waals surface area (Å²) >= 11 is 3.51. The van der Waals surface area contributed by atoms with Crippen molar-refractivity contribution in [3.8, 4) is 5.75 Å². The van der Waals surface area contributed by atoms with E-state index < -0.39 is 0 Å². The second kappa shape index (κ2) is 9.37. The number of halogens is 1. The Balaban J connectivity index is 2.78. The molecular weight excluding hydrogens is 318 g/mol. The van der Waals surface area contributed by atoms with Crippen molar-refractivity contribution in [1.82, 2.24) is 5.32 Å². The summed E-state index contributed by atoms with van der Waals surface area (Å²) in [4.78, 5) is 0. The second-order valence-electron chi connectivity index (χ2n) is 4.95. The standard InChI is InChI=1S/C16H26BrNO2/c1-5-9-18-13(4)15-8-7-14(17)10-16(15)20-12(3)11-19-6-2/h7-8,10,12-13,18H,5-6,9,11H2,1-4H3. The predicted molar refractivity (Wildman–Crippen MR) is 87.4 cm³/mol. The topological polar surface area (TPSA) is 30.5 Å². The second-order valence-corrected chi connectivity index (χ2v) is 5.86. The lowest BCUT2D eigenvalue weighted by Crippen LogP contribution is -2.23. The van der Waals surface area contributed by atoms with Crippen LogP contribution in [0.4, 0.5) is 0 Å². The van der Waals surface area contributed by atoms with Crippen LogP contribution in [0.5, 0.6) is 5.75 Å². The molecule has 0 saturated heterocycles. The third kappa shape index (κ3) is 5.81. The van der Waals surface area contributed by atoms with Gasteiger partial charge in [-0.2, -0.15) is 0 Å². The van der Waals surface area contributed by atoms with Gasteiger partial charge in [0.25, 0.3) is 0 Å². The molecule has 0 aliphatic rings. The van der Waals surface area contributed by atoms with Gasteiger partial charge in [-0.25, -0.2) is 0 Å². The van der Waals surface area contributed by atoms with E-state index in [9.17, 15) is 0 Å². The summed E-state index contributed by atoms with van der Waals surface area (Å²) in [7, 11) is 0. The fourth-order valence-electron chi connectivity index (χ4n) is 1.97. The first-order valence-corrected chi connectivity index (χ1v) is 8.15. The quantitative estimate of drug-likeness (QED) is 0.724. The van der Waals surface area contributed by atoms with E-state index in [4.69, 9.17) is 9.47 Å². The molecule has 0 spiro atoms. The molecule has 2 atom stereocenters. The largest absolute Gasteiger partial charge is 0.488 e. The van der Waals surface area contributed by atoms with Gasteiger partial charge in [0, 0.05) is 22.7 Å². The summed E-state index contributed by atoms with van der Waals surface area (Å²) in [5.74, 6) is 0.919. The summed E-state index contributed by atoms with van der Waals surface area (Å²) in [6, 6.07) is 6.47. The van der Waals surface area contributed by atoms with Gasteiger partial charge in [-0.15, -0.1) is 0 Å². The van der Waals surface area contributed by atoms with Gasteiger partial charge in [0.05, 0.1) is 6.61 Å². The Labute approximate surface area is 131 Å². The first-order valence-electron chi connectivity index (χ1n) is 7.35. The summed E-state index contributed by atoms with van der Waals surface area (Å²) in [6.07, 6.45) is 1.17. The van der Waals surface area contributed by atoms with Crippen molar-refractivity contribution in [3.63, 3.8) is 0 Å². The Kier molecular flexibility index (Phi) is 8.19. The Morgan fingerprint density at radius 2 is 2.00 bits per heavy atom. The van der Waals surface area contributed by atoms with Crippen LogP contribution < -0.4 is 10.1 Å². The minimum atomic E-state index is 0.0429. The molecule has 3 nitrogen and oxygen atoms in total. The maximum atomic E-state index is 6.03. The van der Waals surface area contributed by atoms with E-state index in [0.29, 0.717) is 13.2 Å². The average molecular weight is 344 g/mol. The fourth-order valence-corrected chi connectivity index (χ4v) is 2.31. The molecule has 1 rings (SSSR count). The molecule has 0 saturated carbocycles. The zero-order chi connectivity index (χ0) is 15.0. The van der Waals surface area contributed by atoms with Gasteiger partial charge in [-0.05, 0) is 45.9 Å². The highest BCUT2D eigenvalue weighted by Gasteiger charge is 2.14. The highest BCUT2D eigenvalue weighted by atomic mass is 79.9. The SMILES string of the molecule is CCCNC(C)c1ccc(Br)cc1OC(C)COCC. The van der Waals surface area contributed by atoms with Crippen LogP contribution in [0.3, 0.4) is 0 Å². The smallest absolute Gasteiger partial charge is 0.125 e. The Bertz CT molecular complexity index is 398. The Morgan fingerprint density at radius 1 is 1.25 bits per heavy atom. The molecule has 0 fully saturated rings. The van der Waals surface area contributed by atoms with Gasteiger partial charge in [0.15, 0.2) is 0 Å². The van der Waals surface area contributed by atoms with Crippen molar-refractivity contribution in [2.45, 2.75) is 46.3 Å². The molecule has 20 heavy (non-hydrogen) atoms. The van der Waals surface area contributed by atoms with Crippen LogP contribution in [-0.2, 0) is 4.74 Å². The zero-order valence-corrected chi connectivity index (χ0v) is 14.5. The third-order valence-electron chi connectivity index (χ3n) is 3.03. The molecule has 0 heterocycles. The minimum Gasteiger partial charge on any atom is -0.488 e. The maximum absolute atomic E-state index is 6.03. The van der Waals surface area contributed by atoms with E-state index in [2.05, 4.69) is 47.2 Å². The molecular formula is C16H26BrNO2. The van der Waals surface area contributed by atoms with Gasteiger partial charge in [-0.3, -0.25) is 0 Å². The number of hydrogen-bond donors (Lipinski definition) is 1. The number of nitrogens with one attached hydrogen (secondary N) is 1. The molecule has 1 aromatic rings. The van der Waals surface area contributed by atoms with Gasteiger partial charge in [0.1, 0.15) is 11.9 Å². The zero-order valence-electron chi connectivity index (χ0n) is 12.9. The molecule has 1 N–H and O–H groups in total. The first kappa shape index (κ1) is 17.5. The molecule has 0 bridgehead atoms. The monoisotopic (exact) mass is 343 g/mol. The normalized spacial score (nSPS) is 14.1. The van der Waals surface area contributed by atoms with Gasteiger partial charge < -0.3 is 14.8 Å². The van der Waals surface area contributed by atoms with E-state index >= 15 is 0 Å². The number of ether oxygens (including phenoxy) is 2. The van der Waals surface area contributed by atoms with Crippen molar-refractivity contribution in [1.29, 1.82) is 0 Å². The molecule has 0 aromatic heterocycles. The summed E-state index contributed by atoms with van der Waals surface area (Å²) in [6.45, 7) is 10.7.